The van der Waals surface area contributed by atoms with Crippen LogP contribution in [0.3, 0.4) is 0 Å². The summed E-state index contributed by atoms with van der Waals surface area (Å²) in [6.07, 6.45) is 0. The molecule has 3 heteroatoms. The molecule has 0 aromatic heterocycles. The van der Waals surface area contributed by atoms with Crippen molar-refractivity contribution in [3.05, 3.63) is 30.3 Å². The Balaban J connectivity index is 2.59. The zero-order valence-corrected chi connectivity index (χ0v) is 9.36. The van der Waals surface area contributed by atoms with Crippen LogP contribution in [0.5, 0.6) is 0 Å². The van der Waals surface area contributed by atoms with Crippen LogP contribution < -0.4 is 5.32 Å². The van der Waals surface area contributed by atoms with Gasteiger partial charge in [0, 0.05) is 12.3 Å². The Morgan fingerprint density at radius 3 is 2.53 bits per heavy atom. The van der Waals surface area contributed by atoms with E-state index in [1.54, 1.807) is 0 Å². The van der Waals surface area contributed by atoms with Gasteiger partial charge in [-0.05, 0) is 26.0 Å². The van der Waals surface area contributed by atoms with Crippen molar-refractivity contribution in [2.45, 2.75) is 19.4 Å². The standard InChI is InChI=1S/C12H19NO2/c1-3-15-10-12(2,9-14)13-11-7-5-4-6-8-11/h4-8,13-14H,3,9-10H2,1-2H3. The van der Waals surface area contributed by atoms with E-state index in [4.69, 9.17) is 4.74 Å². The lowest BCUT2D eigenvalue weighted by atomic mass is 10.0. The fourth-order valence-corrected chi connectivity index (χ4v) is 1.32. The van der Waals surface area contributed by atoms with Crippen molar-refractivity contribution >= 4 is 5.69 Å². The maximum atomic E-state index is 9.33. The van der Waals surface area contributed by atoms with Crippen LogP contribution in [0.15, 0.2) is 30.3 Å². The van der Waals surface area contributed by atoms with Crippen molar-refractivity contribution in [3.63, 3.8) is 0 Å². The maximum Gasteiger partial charge on any atom is 0.0809 e. The SMILES string of the molecule is CCOCC(C)(CO)Nc1ccccc1. The van der Waals surface area contributed by atoms with Crippen molar-refractivity contribution in [1.29, 1.82) is 0 Å². The first kappa shape index (κ1) is 12.0. The highest BCUT2D eigenvalue weighted by Gasteiger charge is 2.22. The molecule has 0 bridgehead atoms. The zero-order valence-electron chi connectivity index (χ0n) is 9.36. The van der Waals surface area contributed by atoms with E-state index in [2.05, 4.69) is 5.32 Å². The van der Waals surface area contributed by atoms with Crippen LogP contribution in [-0.4, -0.2) is 30.5 Å². The van der Waals surface area contributed by atoms with Crippen molar-refractivity contribution in [1.82, 2.24) is 0 Å². The maximum absolute atomic E-state index is 9.33. The molecule has 0 fully saturated rings. The van der Waals surface area contributed by atoms with Crippen LogP contribution in [0.4, 0.5) is 5.69 Å². The van der Waals surface area contributed by atoms with Gasteiger partial charge in [0.15, 0.2) is 0 Å². The number of para-hydroxylation sites is 1. The van der Waals surface area contributed by atoms with Gasteiger partial charge in [-0.3, -0.25) is 0 Å². The number of nitrogens with one attached hydrogen (secondary N) is 1. The number of aliphatic hydroxyl groups is 1. The molecule has 1 aromatic rings. The summed E-state index contributed by atoms with van der Waals surface area (Å²) in [5.41, 5.74) is 0.575. The number of hydrogen-bond donors (Lipinski definition) is 2. The van der Waals surface area contributed by atoms with Gasteiger partial charge in [0.2, 0.25) is 0 Å². The second kappa shape index (κ2) is 5.73. The van der Waals surface area contributed by atoms with Crippen molar-refractivity contribution in [2.24, 2.45) is 0 Å². The number of ether oxygens (including phenoxy) is 1. The van der Waals surface area contributed by atoms with Gasteiger partial charge in [0.05, 0.1) is 18.8 Å². The summed E-state index contributed by atoms with van der Waals surface area (Å²) in [5, 5.41) is 12.6. The van der Waals surface area contributed by atoms with Gasteiger partial charge in [0.25, 0.3) is 0 Å². The second-order valence-electron chi connectivity index (χ2n) is 3.85. The minimum absolute atomic E-state index is 0.0435. The lowest BCUT2D eigenvalue weighted by Crippen LogP contribution is -2.43. The average molecular weight is 209 g/mol. The van der Waals surface area contributed by atoms with E-state index < -0.39 is 5.54 Å². The van der Waals surface area contributed by atoms with E-state index in [-0.39, 0.29) is 6.61 Å². The molecule has 0 saturated heterocycles. The zero-order chi connectivity index (χ0) is 11.1. The summed E-state index contributed by atoms with van der Waals surface area (Å²) in [6.45, 7) is 5.08. The molecule has 1 aromatic carbocycles. The molecule has 1 atom stereocenters. The summed E-state index contributed by atoms with van der Waals surface area (Å²) in [4.78, 5) is 0. The Morgan fingerprint density at radius 1 is 1.33 bits per heavy atom. The minimum atomic E-state index is -0.419. The lowest BCUT2D eigenvalue weighted by molar-refractivity contribution is 0.0797. The summed E-state index contributed by atoms with van der Waals surface area (Å²) >= 11 is 0. The summed E-state index contributed by atoms with van der Waals surface area (Å²) in [5.74, 6) is 0. The van der Waals surface area contributed by atoms with Gasteiger partial charge < -0.3 is 15.2 Å². The van der Waals surface area contributed by atoms with Crippen LogP contribution in [-0.2, 0) is 4.74 Å². The molecule has 0 heterocycles. The van der Waals surface area contributed by atoms with E-state index in [0.29, 0.717) is 13.2 Å². The van der Waals surface area contributed by atoms with Gasteiger partial charge in [-0.25, -0.2) is 0 Å². The predicted octanol–water partition coefficient (Wildman–Crippen LogP) is 1.89. The third-order valence-electron chi connectivity index (χ3n) is 2.19. The number of aliphatic hydroxyl groups excluding tert-OH is 1. The molecule has 1 unspecified atom stereocenters. The third kappa shape index (κ3) is 3.90. The molecule has 0 aliphatic carbocycles. The number of rotatable bonds is 6. The average Bonchev–Trinajstić information content (AvgIpc) is 2.28. The first-order valence-corrected chi connectivity index (χ1v) is 5.22. The highest BCUT2D eigenvalue weighted by molar-refractivity contribution is 5.45. The molecule has 0 aliphatic heterocycles. The molecule has 0 aliphatic rings. The Morgan fingerprint density at radius 2 is 2.00 bits per heavy atom. The second-order valence-corrected chi connectivity index (χ2v) is 3.85. The number of benzene rings is 1. The highest BCUT2D eigenvalue weighted by Crippen LogP contribution is 2.14. The summed E-state index contributed by atoms with van der Waals surface area (Å²) in [7, 11) is 0. The molecule has 0 radical (unpaired) electrons. The largest absolute Gasteiger partial charge is 0.394 e. The van der Waals surface area contributed by atoms with Gasteiger partial charge >= 0.3 is 0 Å². The van der Waals surface area contributed by atoms with Crippen molar-refractivity contribution in [3.8, 4) is 0 Å². The Labute approximate surface area is 91.1 Å². The number of anilines is 1. The fraction of sp³-hybridized carbons (Fsp3) is 0.500. The van der Waals surface area contributed by atoms with Crippen LogP contribution in [0, 0.1) is 0 Å². The van der Waals surface area contributed by atoms with E-state index in [0.717, 1.165) is 5.69 Å². The van der Waals surface area contributed by atoms with E-state index in [9.17, 15) is 5.11 Å². The van der Waals surface area contributed by atoms with Gasteiger partial charge in [-0.2, -0.15) is 0 Å². The molecule has 0 amide bonds. The molecule has 3 nitrogen and oxygen atoms in total. The van der Waals surface area contributed by atoms with Crippen LogP contribution in [0.2, 0.25) is 0 Å². The van der Waals surface area contributed by atoms with E-state index in [1.807, 2.05) is 44.2 Å². The smallest absolute Gasteiger partial charge is 0.0809 e. The van der Waals surface area contributed by atoms with E-state index >= 15 is 0 Å². The summed E-state index contributed by atoms with van der Waals surface area (Å²) in [6, 6.07) is 9.82. The molecule has 2 N–H and O–H groups in total. The fourth-order valence-electron chi connectivity index (χ4n) is 1.32. The minimum Gasteiger partial charge on any atom is -0.394 e. The quantitative estimate of drug-likeness (QED) is 0.751. The molecule has 0 saturated carbocycles. The van der Waals surface area contributed by atoms with Crippen LogP contribution >= 0.6 is 0 Å². The van der Waals surface area contributed by atoms with Crippen molar-refractivity contribution < 1.29 is 9.84 Å². The highest BCUT2D eigenvalue weighted by atomic mass is 16.5. The van der Waals surface area contributed by atoms with Gasteiger partial charge in [0.1, 0.15) is 0 Å². The van der Waals surface area contributed by atoms with Gasteiger partial charge in [-0.15, -0.1) is 0 Å². The molecular formula is C12H19NO2. The molecule has 0 spiro atoms. The molecule has 15 heavy (non-hydrogen) atoms. The Kier molecular flexibility index (Phi) is 4.59. The summed E-state index contributed by atoms with van der Waals surface area (Å²) < 4.78 is 5.34. The van der Waals surface area contributed by atoms with Crippen molar-refractivity contribution in [2.75, 3.05) is 25.1 Å². The Hall–Kier alpha value is -1.06. The lowest BCUT2D eigenvalue weighted by Gasteiger charge is -2.29. The van der Waals surface area contributed by atoms with Gasteiger partial charge in [-0.1, -0.05) is 18.2 Å². The van der Waals surface area contributed by atoms with E-state index in [1.165, 1.54) is 0 Å². The monoisotopic (exact) mass is 209 g/mol. The normalized spacial score (nSPS) is 14.6. The first-order chi connectivity index (χ1) is 7.20. The molecule has 84 valence electrons. The first-order valence-electron chi connectivity index (χ1n) is 5.22. The topological polar surface area (TPSA) is 41.5 Å². The molecular weight excluding hydrogens is 190 g/mol. The van der Waals surface area contributed by atoms with Crippen LogP contribution in [0.25, 0.3) is 0 Å². The molecule has 1 rings (SSSR count). The number of hydrogen-bond acceptors (Lipinski definition) is 3. The third-order valence-corrected chi connectivity index (χ3v) is 2.19. The Bertz CT molecular complexity index is 276. The van der Waals surface area contributed by atoms with Crippen LogP contribution in [0.1, 0.15) is 13.8 Å². The predicted molar refractivity (Wildman–Crippen MR) is 62.0 cm³/mol.